The van der Waals surface area contributed by atoms with Crippen molar-refractivity contribution >= 4 is 0 Å². The number of hydrogen-bond acceptors (Lipinski definition) is 5. The number of rotatable bonds is 7. The molecule has 0 aliphatic carbocycles. The number of aromatic nitrogens is 1. The lowest BCUT2D eigenvalue weighted by Gasteiger charge is -2.27. The molecule has 0 radical (unpaired) electrons. The van der Waals surface area contributed by atoms with E-state index in [9.17, 15) is 0 Å². The molecule has 5 heteroatoms. The van der Waals surface area contributed by atoms with Crippen molar-refractivity contribution in [2.45, 2.75) is 32.4 Å². The van der Waals surface area contributed by atoms with Crippen molar-refractivity contribution in [2.24, 2.45) is 0 Å². The van der Waals surface area contributed by atoms with Gasteiger partial charge in [-0.25, -0.2) is 0 Å². The third kappa shape index (κ3) is 5.00. The summed E-state index contributed by atoms with van der Waals surface area (Å²) in [5.41, 5.74) is 4.67. The summed E-state index contributed by atoms with van der Waals surface area (Å²) in [6, 6.07) is 17.1. The lowest BCUT2D eigenvalue weighted by atomic mass is 10.0. The van der Waals surface area contributed by atoms with Crippen LogP contribution in [0.15, 0.2) is 60.9 Å². The van der Waals surface area contributed by atoms with Gasteiger partial charge in [-0.1, -0.05) is 18.2 Å². The van der Waals surface area contributed by atoms with Gasteiger partial charge in [0.15, 0.2) is 11.5 Å². The summed E-state index contributed by atoms with van der Waals surface area (Å²) >= 11 is 0. The maximum atomic E-state index is 6.13. The van der Waals surface area contributed by atoms with Gasteiger partial charge in [-0.3, -0.25) is 9.88 Å². The fourth-order valence-electron chi connectivity index (χ4n) is 4.08. The molecule has 0 bridgehead atoms. The summed E-state index contributed by atoms with van der Waals surface area (Å²) in [7, 11) is 3.40. The molecule has 31 heavy (non-hydrogen) atoms. The van der Waals surface area contributed by atoms with Crippen LogP contribution in [-0.4, -0.2) is 43.3 Å². The minimum atomic E-state index is 0.435. The Morgan fingerprint density at radius 3 is 2.61 bits per heavy atom. The monoisotopic (exact) mass is 418 g/mol. The molecule has 5 nitrogen and oxygen atoms in total. The van der Waals surface area contributed by atoms with E-state index in [-0.39, 0.29) is 0 Å². The maximum Gasteiger partial charge on any atom is 0.165 e. The summed E-state index contributed by atoms with van der Waals surface area (Å²) in [5.74, 6) is 2.54. The highest BCUT2D eigenvalue weighted by atomic mass is 16.5. The lowest BCUT2D eigenvalue weighted by Crippen LogP contribution is -2.34. The third-order valence-corrected chi connectivity index (χ3v) is 5.98. The first-order chi connectivity index (χ1) is 15.2. The second kappa shape index (κ2) is 9.84. The highest BCUT2D eigenvalue weighted by Gasteiger charge is 2.23. The zero-order chi connectivity index (χ0) is 21.6. The molecule has 162 valence electrons. The lowest BCUT2D eigenvalue weighted by molar-refractivity contribution is 0.171. The molecular weight excluding hydrogens is 388 g/mol. The van der Waals surface area contributed by atoms with Crippen molar-refractivity contribution in [3.63, 3.8) is 0 Å². The number of fused-ring (bicyclic) bond motifs is 1. The van der Waals surface area contributed by atoms with Crippen molar-refractivity contribution in [1.29, 1.82) is 0 Å². The van der Waals surface area contributed by atoms with Gasteiger partial charge in [-0.15, -0.1) is 0 Å². The average Bonchev–Trinajstić information content (AvgIpc) is 3.05. The van der Waals surface area contributed by atoms with Gasteiger partial charge in [-0.05, 0) is 61.2 Å². The number of pyridine rings is 1. The third-order valence-electron chi connectivity index (χ3n) is 5.98. The molecule has 2 heterocycles. The topological polar surface area (TPSA) is 43.8 Å². The van der Waals surface area contributed by atoms with Gasteiger partial charge < -0.3 is 14.2 Å². The van der Waals surface area contributed by atoms with Gasteiger partial charge in [0.25, 0.3) is 0 Å². The van der Waals surface area contributed by atoms with E-state index in [0.29, 0.717) is 12.6 Å². The highest BCUT2D eigenvalue weighted by Crippen LogP contribution is 2.38. The van der Waals surface area contributed by atoms with Crippen LogP contribution in [-0.2, 0) is 13.0 Å². The molecular formula is C26H30N2O3. The predicted molar refractivity (Wildman–Crippen MR) is 123 cm³/mol. The van der Waals surface area contributed by atoms with E-state index in [1.807, 2.05) is 30.5 Å². The van der Waals surface area contributed by atoms with Crippen LogP contribution in [0.4, 0.5) is 0 Å². The molecule has 0 saturated carbocycles. The molecule has 0 N–H and O–H groups in total. The van der Waals surface area contributed by atoms with Gasteiger partial charge in [0.05, 0.1) is 14.2 Å². The van der Waals surface area contributed by atoms with Gasteiger partial charge in [0.2, 0.25) is 0 Å². The number of aryl methyl sites for hydroxylation is 1. The van der Waals surface area contributed by atoms with Crippen molar-refractivity contribution in [1.82, 2.24) is 9.88 Å². The minimum absolute atomic E-state index is 0.435. The van der Waals surface area contributed by atoms with Gasteiger partial charge in [0.1, 0.15) is 12.4 Å². The Balaban J connectivity index is 1.51. The van der Waals surface area contributed by atoms with E-state index in [0.717, 1.165) is 59.9 Å². The molecule has 1 aromatic heterocycles. The number of methoxy groups -OCH3 is 2. The van der Waals surface area contributed by atoms with Crippen LogP contribution >= 0.6 is 0 Å². The zero-order valence-corrected chi connectivity index (χ0v) is 18.5. The molecule has 1 atom stereocenters. The first-order valence-corrected chi connectivity index (χ1v) is 10.8. The van der Waals surface area contributed by atoms with E-state index in [1.54, 1.807) is 20.4 Å². The number of nitrogens with zero attached hydrogens (tertiary/aromatic N) is 2. The summed E-state index contributed by atoms with van der Waals surface area (Å²) in [4.78, 5) is 6.77. The minimum Gasteiger partial charge on any atom is -0.497 e. The largest absolute Gasteiger partial charge is 0.497 e. The fourth-order valence-corrected chi connectivity index (χ4v) is 4.08. The Kier molecular flexibility index (Phi) is 6.73. The van der Waals surface area contributed by atoms with Crippen molar-refractivity contribution in [2.75, 3.05) is 27.4 Å². The quantitative estimate of drug-likeness (QED) is 0.541. The SMILES string of the molecule is COc1ccc(CCC(C)N2CCOc3c(cc(-c4cccnc4)cc3OC)C2)cc1. The van der Waals surface area contributed by atoms with Crippen LogP contribution in [0, 0.1) is 0 Å². The standard InChI is InChI=1S/C26H30N2O3/c1-19(6-7-20-8-10-24(29-2)11-9-20)28-13-14-31-26-23(18-28)15-22(16-25(26)30-3)21-5-4-12-27-17-21/h4-5,8-12,15-17,19H,6-7,13-14,18H2,1-3H3. The van der Waals surface area contributed by atoms with Gasteiger partial charge >= 0.3 is 0 Å². The molecule has 0 spiro atoms. The van der Waals surface area contributed by atoms with E-state index >= 15 is 0 Å². The second-order valence-electron chi connectivity index (χ2n) is 7.96. The number of ether oxygens (including phenoxy) is 3. The Hall–Kier alpha value is -3.05. The van der Waals surface area contributed by atoms with Crippen LogP contribution < -0.4 is 14.2 Å². The maximum absolute atomic E-state index is 6.13. The second-order valence-corrected chi connectivity index (χ2v) is 7.96. The summed E-state index contributed by atoms with van der Waals surface area (Å²) < 4.78 is 17.1. The number of benzene rings is 2. The zero-order valence-electron chi connectivity index (χ0n) is 18.5. The molecule has 3 aromatic rings. The molecule has 4 rings (SSSR count). The van der Waals surface area contributed by atoms with Crippen LogP contribution in [0.1, 0.15) is 24.5 Å². The van der Waals surface area contributed by atoms with E-state index < -0.39 is 0 Å². The van der Waals surface area contributed by atoms with Crippen molar-refractivity contribution in [3.8, 4) is 28.4 Å². The summed E-state index contributed by atoms with van der Waals surface area (Å²) in [6.07, 6.45) is 5.79. The fraction of sp³-hybridized carbons (Fsp3) is 0.346. The van der Waals surface area contributed by atoms with Crippen LogP contribution in [0.5, 0.6) is 17.2 Å². The van der Waals surface area contributed by atoms with Crippen molar-refractivity contribution < 1.29 is 14.2 Å². The van der Waals surface area contributed by atoms with Crippen LogP contribution in [0.25, 0.3) is 11.1 Å². The normalized spacial score (nSPS) is 14.8. The molecule has 2 aromatic carbocycles. The molecule has 0 amide bonds. The van der Waals surface area contributed by atoms with Gasteiger partial charge in [0, 0.05) is 42.7 Å². The predicted octanol–water partition coefficient (Wildman–Crippen LogP) is 4.98. The van der Waals surface area contributed by atoms with Gasteiger partial charge in [-0.2, -0.15) is 0 Å². The molecule has 1 aliphatic heterocycles. The molecule has 0 saturated heterocycles. The van der Waals surface area contributed by atoms with Crippen molar-refractivity contribution in [3.05, 3.63) is 72.1 Å². The Labute approximate surface area is 184 Å². The molecule has 1 aliphatic rings. The summed E-state index contributed by atoms with van der Waals surface area (Å²) in [5, 5.41) is 0. The highest BCUT2D eigenvalue weighted by molar-refractivity contribution is 5.68. The smallest absolute Gasteiger partial charge is 0.165 e. The first kappa shape index (κ1) is 21.2. The molecule has 0 fully saturated rings. The van der Waals surface area contributed by atoms with E-state index in [1.165, 1.54) is 5.56 Å². The summed E-state index contributed by atoms with van der Waals surface area (Å²) in [6.45, 7) is 4.69. The Morgan fingerprint density at radius 2 is 1.90 bits per heavy atom. The Bertz CT molecular complexity index is 990. The van der Waals surface area contributed by atoms with Crippen LogP contribution in [0.3, 0.4) is 0 Å². The average molecular weight is 419 g/mol. The first-order valence-electron chi connectivity index (χ1n) is 10.8. The number of hydrogen-bond donors (Lipinski definition) is 0. The van der Waals surface area contributed by atoms with Crippen LogP contribution in [0.2, 0.25) is 0 Å². The van der Waals surface area contributed by atoms with E-state index in [4.69, 9.17) is 14.2 Å². The van der Waals surface area contributed by atoms with E-state index in [2.05, 4.69) is 41.1 Å². The Morgan fingerprint density at radius 1 is 1.06 bits per heavy atom. The molecule has 1 unspecified atom stereocenters.